The van der Waals surface area contributed by atoms with Crippen LogP contribution in [0.25, 0.3) is 11.4 Å². The lowest BCUT2D eigenvalue weighted by molar-refractivity contribution is -0.137. The van der Waals surface area contributed by atoms with Gasteiger partial charge in [0.05, 0.1) is 11.1 Å². The standard InChI is InChI=1S/C24H20F3N3OS/c1-2-30-22(20-10-6-7-11-21(20)31-19-8-4-3-5-9-19)28-29-23(30)32-16-17-12-14-18(15-13-17)24(25,26)27/h3-15H,2,16H2,1H3. The van der Waals surface area contributed by atoms with Crippen LogP contribution in [0, 0.1) is 0 Å². The van der Waals surface area contributed by atoms with Crippen molar-refractivity contribution in [3.63, 3.8) is 0 Å². The molecule has 3 aromatic carbocycles. The van der Waals surface area contributed by atoms with Gasteiger partial charge in [0.15, 0.2) is 11.0 Å². The topological polar surface area (TPSA) is 39.9 Å². The summed E-state index contributed by atoms with van der Waals surface area (Å²) in [4.78, 5) is 0. The Bertz CT molecular complexity index is 1180. The van der Waals surface area contributed by atoms with Crippen molar-refractivity contribution in [2.45, 2.75) is 30.6 Å². The molecule has 0 saturated heterocycles. The van der Waals surface area contributed by atoms with E-state index in [1.807, 2.05) is 66.1 Å². The summed E-state index contributed by atoms with van der Waals surface area (Å²) in [6.07, 6.45) is -4.34. The smallest absolute Gasteiger partial charge is 0.416 e. The molecule has 0 spiro atoms. The Balaban J connectivity index is 1.55. The van der Waals surface area contributed by atoms with Crippen LogP contribution in [0.1, 0.15) is 18.1 Å². The van der Waals surface area contributed by atoms with E-state index in [2.05, 4.69) is 10.2 Å². The van der Waals surface area contributed by atoms with Crippen LogP contribution in [-0.2, 0) is 18.5 Å². The SMILES string of the molecule is CCn1c(SCc2ccc(C(F)(F)F)cc2)nnc1-c1ccccc1Oc1ccccc1. The third-order valence-electron chi connectivity index (χ3n) is 4.78. The monoisotopic (exact) mass is 455 g/mol. The fraction of sp³-hybridized carbons (Fsp3) is 0.167. The van der Waals surface area contributed by atoms with E-state index in [9.17, 15) is 13.2 Å². The van der Waals surface area contributed by atoms with Gasteiger partial charge in [-0.25, -0.2) is 0 Å². The number of hydrogen-bond donors (Lipinski definition) is 0. The van der Waals surface area contributed by atoms with E-state index in [1.54, 1.807) is 0 Å². The van der Waals surface area contributed by atoms with Crippen molar-refractivity contribution in [2.24, 2.45) is 0 Å². The lowest BCUT2D eigenvalue weighted by atomic mass is 10.1. The van der Waals surface area contributed by atoms with Crippen LogP contribution in [-0.4, -0.2) is 14.8 Å². The summed E-state index contributed by atoms with van der Waals surface area (Å²) in [5, 5.41) is 9.40. The Kier molecular flexibility index (Phi) is 6.50. The third kappa shape index (κ3) is 4.96. The van der Waals surface area contributed by atoms with Gasteiger partial charge < -0.3 is 9.30 Å². The van der Waals surface area contributed by atoms with Gasteiger partial charge in [-0.3, -0.25) is 0 Å². The van der Waals surface area contributed by atoms with E-state index in [4.69, 9.17) is 4.74 Å². The van der Waals surface area contributed by atoms with Gasteiger partial charge in [-0.2, -0.15) is 13.2 Å². The second kappa shape index (κ2) is 9.48. The first kappa shape index (κ1) is 22.0. The highest BCUT2D eigenvalue weighted by Gasteiger charge is 2.29. The Labute approximate surface area is 188 Å². The fourth-order valence-electron chi connectivity index (χ4n) is 3.17. The summed E-state index contributed by atoms with van der Waals surface area (Å²) in [5.74, 6) is 2.55. The van der Waals surface area contributed by atoms with Crippen molar-refractivity contribution in [3.8, 4) is 22.9 Å². The second-order valence-corrected chi connectivity index (χ2v) is 7.89. The van der Waals surface area contributed by atoms with Crippen molar-refractivity contribution in [1.29, 1.82) is 0 Å². The van der Waals surface area contributed by atoms with Gasteiger partial charge in [0.2, 0.25) is 0 Å². The van der Waals surface area contributed by atoms with Gasteiger partial charge in [0.25, 0.3) is 0 Å². The molecule has 1 aromatic heterocycles. The highest BCUT2D eigenvalue weighted by molar-refractivity contribution is 7.98. The molecule has 0 radical (unpaired) electrons. The highest BCUT2D eigenvalue weighted by Crippen LogP contribution is 2.35. The molecule has 4 aromatic rings. The maximum Gasteiger partial charge on any atom is 0.416 e. The number of hydrogen-bond acceptors (Lipinski definition) is 4. The van der Waals surface area contributed by atoms with Crippen molar-refractivity contribution in [2.75, 3.05) is 0 Å². The molecule has 4 rings (SSSR count). The lowest BCUT2D eigenvalue weighted by Gasteiger charge is -2.12. The van der Waals surface area contributed by atoms with E-state index in [-0.39, 0.29) is 0 Å². The van der Waals surface area contributed by atoms with Gasteiger partial charge in [-0.15, -0.1) is 10.2 Å². The van der Waals surface area contributed by atoms with Crippen LogP contribution in [0.5, 0.6) is 11.5 Å². The highest BCUT2D eigenvalue weighted by atomic mass is 32.2. The summed E-state index contributed by atoms with van der Waals surface area (Å²) in [6.45, 7) is 2.63. The van der Waals surface area contributed by atoms with E-state index in [0.29, 0.717) is 29.0 Å². The Morgan fingerprint density at radius 1 is 0.875 bits per heavy atom. The van der Waals surface area contributed by atoms with Crippen molar-refractivity contribution < 1.29 is 17.9 Å². The molecule has 32 heavy (non-hydrogen) atoms. The Morgan fingerprint density at radius 2 is 1.56 bits per heavy atom. The minimum atomic E-state index is -4.34. The first-order chi connectivity index (χ1) is 15.5. The van der Waals surface area contributed by atoms with E-state index in [1.165, 1.54) is 23.9 Å². The molecule has 0 amide bonds. The zero-order valence-electron chi connectivity index (χ0n) is 17.2. The molecule has 0 unspecified atom stereocenters. The second-order valence-electron chi connectivity index (χ2n) is 6.95. The number of thioether (sulfide) groups is 1. The predicted octanol–water partition coefficient (Wildman–Crippen LogP) is 7.07. The van der Waals surface area contributed by atoms with Gasteiger partial charge in [-0.1, -0.05) is 54.2 Å². The van der Waals surface area contributed by atoms with Crippen LogP contribution in [0.3, 0.4) is 0 Å². The van der Waals surface area contributed by atoms with E-state index >= 15 is 0 Å². The summed E-state index contributed by atoms with van der Waals surface area (Å²) in [5.41, 5.74) is 0.940. The zero-order valence-corrected chi connectivity index (χ0v) is 18.0. The molecule has 0 aliphatic carbocycles. The lowest BCUT2D eigenvalue weighted by Crippen LogP contribution is -2.04. The van der Waals surface area contributed by atoms with Crippen molar-refractivity contribution in [3.05, 3.63) is 90.0 Å². The molecule has 0 atom stereocenters. The molecule has 1 heterocycles. The molecule has 4 nitrogen and oxygen atoms in total. The number of nitrogens with zero attached hydrogens (tertiary/aromatic N) is 3. The Hall–Kier alpha value is -3.26. The van der Waals surface area contributed by atoms with Gasteiger partial charge in [0, 0.05) is 12.3 Å². The average molecular weight is 456 g/mol. The quantitative estimate of drug-likeness (QED) is 0.280. The predicted molar refractivity (Wildman–Crippen MR) is 119 cm³/mol. The third-order valence-corrected chi connectivity index (χ3v) is 5.82. The number of alkyl halides is 3. The molecule has 164 valence electrons. The van der Waals surface area contributed by atoms with Crippen LogP contribution < -0.4 is 4.74 Å². The number of para-hydroxylation sites is 2. The molecule has 0 saturated carbocycles. The minimum absolute atomic E-state index is 0.485. The molecular formula is C24H20F3N3OS. The molecular weight excluding hydrogens is 435 g/mol. The normalized spacial score (nSPS) is 11.5. The molecule has 0 N–H and O–H groups in total. The van der Waals surface area contributed by atoms with E-state index in [0.717, 1.165) is 29.0 Å². The average Bonchev–Trinajstić information content (AvgIpc) is 3.21. The maximum absolute atomic E-state index is 12.8. The fourth-order valence-corrected chi connectivity index (χ4v) is 4.13. The number of benzene rings is 3. The molecule has 0 fully saturated rings. The summed E-state index contributed by atoms with van der Waals surface area (Å²) >= 11 is 1.43. The maximum atomic E-state index is 12.8. The summed E-state index contributed by atoms with van der Waals surface area (Å²) in [6, 6.07) is 22.3. The molecule has 0 aliphatic rings. The number of halogens is 3. The summed E-state index contributed by atoms with van der Waals surface area (Å²) < 4.78 is 46.3. The molecule has 0 bridgehead atoms. The van der Waals surface area contributed by atoms with Crippen molar-refractivity contribution in [1.82, 2.24) is 14.8 Å². The first-order valence-electron chi connectivity index (χ1n) is 10.00. The van der Waals surface area contributed by atoms with Crippen LogP contribution in [0.15, 0.2) is 84.0 Å². The summed E-state index contributed by atoms with van der Waals surface area (Å²) in [7, 11) is 0. The number of ether oxygens (including phenoxy) is 1. The number of rotatable bonds is 7. The van der Waals surface area contributed by atoms with Crippen LogP contribution >= 0.6 is 11.8 Å². The number of aromatic nitrogens is 3. The zero-order chi connectivity index (χ0) is 22.6. The van der Waals surface area contributed by atoms with Crippen molar-refractivity contribution >= 4 is 11.8 Å². The molecule has 8 heteroatoms. The van der Waals surface area contributed by atoms with Crippen LogP contribution in [0.2, 0.25) is 0 Å². The van der Waals surface area contributed by atoms with E-state index < -0.39 is 11.7 Å². The Morgan fingerprint density at radius 3 is 2.25 bits per heavy atom. The minimum Gasteiger partial charge on any atom is -0.457 e. The van der Waals surface area contributed by atoms with Gasteiger partial charge in [-0.05, 0) is 48.9 Å². The van der Waals surface area contributed by atoms with Gasteiger partial charge >= 0.3 is 6.18 Å². The van der Waals surface area contributed by atoms with Gasteiger partial charge in [0.1, 0.15) is 11.5 Å². The first-order valence-corrected chi connectivity index (χ1v) is 11.0. The van der Waals surface area contributed by atoms with Crippen LogP contribution in [0.4, 0.5) is 13.2 Å². The largest absolute Gasteiger partial charge is 0.457 e. The molecule has 0 aliphatic heterocycles.